The SMILES string of the molecule is CC(CC(O)O)=C(N)N. The predicted octanol–water partition coefficient (Wildman–Crippen LogP) is -1.16. The highest BCUT2D eigenvalue weighted by Gasteiger charge is 1.99. The van der Waals surface area contributed by atoms with Crippen LogP contribution in [-0.4, -0.2) is 16.5 Å². The van der Waals surface area contributed by atoms with Crippen LogP contribution >= 0.6 is 0 Å². The van der Waals surface area contributed by atoms with E-state index in [4.69, 9.17) is 21.7 Å². The minimum Gasteiger partial charge on any atom is -0.386 e. The van der Waals surface area contributed by atoms with Crippen molar-refractivity contribution in [3.63, 3.8) is 0 Å². The summed E-state index contributed by atoms with van der Waals surface area (Å²) in [5, 5.41) is 16.8. The molecule has 0 unspecified atom stereocenters. The molecule has 0 fully saturated rings. The third kappa shape index (κ3) is 3.81. The highest BCUT2D eigenvalue weighted by atomic mass is 16.5. The molecule has 9 heavy (non-hydrogen) atoms. The van der Waals surface area contributed by atoms with E-state index in [-0.39, 0.29) is 12.2 Å². The molecule has 0 spiro atoms. The van der Waals surface area contributed by atoms with Crippen molar-refractivity contribution in [1.82, 2.24) is 0 Å². The molecule has 0 aromatic heterocycles. The first-order chi connectivity index (χ1) is 4.04. The van der Waals surface area contributed by atoms with Crippen LogP contribution in [0, 0.1) is 0 Å². The van der Waals surface area contributed by atoms with Crippen LogP contribution in [0.15, 0.2) is 11.4 Å². The maximum absolute atomic E-state index is 8.38. The fourth-order valence-corrected chi connectivity index (χ4v) is 0.392. The van der Waals surface area contributed by atoms with E-state index in [1.807, 2.05) is 0 Å². The number of rotatable bonds is 2. The first-order valence-corrected chi connectivity index (χ1v) is 2.61. The van der Waals surface area contributed by atoms with Crippen molar-refractivity contribution in [2.45, 2.75) is 19.6 Å². The minimum atomic E-state index is -1.35. The molecular weight excluding hydrogens is 120 g/mol. The van der Waals surface area contributed by atoms with Crippen molar-refractivity contribution >= 4 is 0 Å². The van der Waals surface area contributed by atoms with Gasteiger partial charge in [-0.15, -0.1) is 0 Å². The Kier molecular flexibility index (Phi) is 3.05. The first-order valence-electron chi connectivity index (χ1n) is 2.61. The third-order valence-corrected chi connectivity index (χ3v) is 0.982. The molecule has 4 nitrogen and oxygen atoms in total. The zero-order valence-corrected chi connectivity index (χ0v) is 5.33. The van der Waals surface area contributed by atoms with E-state index in [0.717, 1.165) is 0 Å². The van der Waals surface area contributed by atoms with Gasteiger partial charge in [0.05, 0.1) is 5.82 Å². The Hall–Kier alpha value is -0.740. The fourth-order valence-electron chi connectivity index (χ4n) is 0.392. The molecule has 0 aliphatic carbocycles. The van der Waals surface area contributed by atoms with Gasteiger partial charge in [0.15, 0.2) is 6.29 Å². The van der Waals surface area contributed by atoms with Crippen LogP contribution < -0.4 is 11.5 Å². The normalized spacial score (nSPS) is 9.78. The second kappa shape index (κ2) is 3.32. The molecule has 0 saturated heterocycles. The van der Waals surface area contributed by atoms with Gasteiger partial charge in [0.1, 0.15) is 0 Å². The molecule has 0 bridgehead atoms. The summed E-state index contributed by atoms with van der Waals surface area (Å²) in [6, 6.07) is 0. The molecule has 0 rings (SSSR count). The van der Waals surface area contributed by atoms with E-state index in [2.05, 4.69) is 0 Å². The highest BCUT2D eigenvalue weighted by molar-refractivity contribution is 5.04. The van der Waals surface area contributed by atoms with Crippen molar-refractivity contribution in [1.29, 1.82) is 0 Å². The lowest BCUT2D eigenvalue weighted by molar-refractivity contribution is -0.0382. The molecule has 0 aliphatic heterocycles. The first kappa shape index (κ1) is 8.26. The monoisotopic (exact) mass is 132 g/mol. The highest BCUT2D eigenvalue weighted by Crippen LogP contribution is 2.01. The van der Waals surface area contributed by atoms with Gasteiger partial charge in [-0.25, -0.2) is 0 Å². The van der Waals surface area contributed by atoms with Crippen molar-refractivity contribution in [3.05, 3.63) is 11.4 Å². The number of nitrogens with two attached hydrogens (primary N) is 2. The summed E-state index contributed by atoms with van der Waals surface area (Å²) in [7, 11) is 0. The topological polar surface area (TPSA) is 92.5 Å². The van der Waals surface area contributed by atoms with E-state index in [9.17, 15) is 0 Å². The Morgan fingerprint density at radius 1 is 1.44 bits per heavy atom. The summed E-state index contributed by atoms with van der Waals surface area (Å²) in [5.74, 6) is 0.156. The quantitative estimate of drug-likeness (QED) is 0.356. The zero-order valence-electron chi connectivity index (χ0n) is 5.33. The summed E-state index contributed by atoms with van der Waals surface area (Å²) in [5.41, 5.74) is 10.8. The average molecular weight is 132 g/mol. The van der Waals surface area contributed by atoms with Crippen LogP contribution in [0.25, 0.3) is 0 Å². The predicted molar refractivity (Wildman–Crippen MR) is 33.9 cm³/mol. The molecule has 0 amide bonds. The van der Waals surface area contributed by atoms with E-state index >= 15 is 0 Å². The Morgan fingerprint density at radius 3 is 2.00 bits per heavy atom. The lowest BCUT2D eigenvalue weighted by Crippen LogP contribution is -2.14. The van der Waals surface area contributed by atoms with Crippen LogP contribution in [0.4, 0.5) is 0 Å². The maximum Gasteiger partial charge on any atom is 0.155 e. The standard InChI is InChI=1S/C5H12N2O2/c1-3(5(6)7)2-4(8)9/h4,8-9H,2,6-7H2,1H3. The third-order valence-electron chi connectivity index (χ3n) is 0.982. The number of hydrogen-bond donors (Lipinski definition) is 4. The fraction of sp³-hybridized carbons (Fsp3) is 0.600. The Bertz CT molecular complexity index is 116. The van der Waals surface area contributed by atoms with E-state index in [0.29, 0.717) is 5.57 Å². The summed E-state index contributed by atoms with van der Waals surface area (Å²) >= 11 is 0. The molecule has 54 valence electrons. The van der Waals surface area contributed by atoms with Gasteiger partial charge in [0, 0.05) is 6.42 Å². The number of aliphatic hydroxyl groups excluding tert-OH is 1. The molecule has 0 saturated carbocycles. The molecule has 4 heteroatoms. The van der Waals surface area contributed by atoms with Crippen LogP contribution in [0.5, 0.6) is 0 Å². The lowest BCUT2D eigenvalue weighted by atomic mass is 10.2. The van der Waals surface area contributed by atoms with Gasteiger partial charge in [-0.3, -0.25) is 0 Å². The van der Waals surface area contributed by atoms with Crippen LogP contribution in [0.3, 0.4) is 0 Å². The molecule has 0 aromatic rings. The summed E-state index contributed by atoms with van der Waals surface area (Å²) in [6.07, 6.45) is -1.24. The Balaban J connectivity index is 3.77. The average Bonchev–Trinajstić information content (AvgIpc) is 1.63. The van der Waals surface area contributed by atoms with Gasteiger partial charge in [0.25, 0.3) is 0 Å². The largest absolute Gasteiger partial charge is 0.386 e. The van der Waals surface area contributed by atoms with Crippen molar-refractivity contribution < 1.29 is 10.2 Å². The van der Waals surface area contributed by atoms with Crippen molar-refractivity contribution in [3.8, 4) is 0 Å². The molecular formula is C5H12N2O2. The second-order valence-electron chi connectivity index (χ2n) is 1.92. The summed E-state index contributed by atoms with van der Waals surface area (Å²) in [6.45, 7) is 1.65. The van der Waals surface area contributed by atoms with Crippen LogP contribution in [0.2, 0.25) is 0 Å². The maximum atomic E-state index is 8.38. The summed E-state index contributed by atoms with van der Waals surface area (Å²) in [4.78, 5) is 0. The second-order valence-corrected chi connectivity index (χ2v) is 1.92. The Labute approximate surface area is 53.8 Å². The molecule has 0 atom stereocenters. The number of hydrogen-bond acceptors (Lipinski definition) is 4. The molecule has 0 aliphatic rings. The van der Waals surface area contributed by atoms with E-state index in [1.165, 1.54) is 0 Å². The number of aliphatic hydroxyl groups is 2. The van der Waals surface area contributed by atoms with Crippen LogP contribution in [-0.2, 0) is 0 Å². The molecule has 6 N–H and O–H groups in total. The molecule has 0 heterocycles. The molecule has 0 radical (unpaired) electrons. The van der Waals surface area contributed by atoms with Gasteiger partial charge in [-0.05, 0) is 12.5 Å². The van der Waals surface area contributed by atoms with E-state index in [1.54, 1.807) is 6.92 Å². The van der Waals surface area contributed by atoms with Crippen molar-refractivity contribution in [2.24, 2.45) is 11.5 Å². The van der Waals surface area contributed by atoms with Gasteiger partial charge >= 0.3 is 0 Å². The molecule has 0 aromatic carbocycles. The van der Waals surface area contributed by atoms with Gasteiger partial charge in [-0.1, -0.05) is 0 Å². The van der Waals surface area contributed by atoms with Crippen LogP contribution in [0.1, 0.15) is 13.3 Å². The zero-order chi connectivity index (χ0) is 7.44. The lowest BCUT2D eigenvalue weighted by Gasteiger charge is -2.03. The van der Waals surface area contributed by atoms with Gasteiger partial charge < -0.3 is 21.7 Å². The van der Waals surface area contributed by atoms with Gasteiger partial charge in [0.2, 0.25) is 0 Å². The van der Waals surface area contributed by atoms with Gasteiger partial charge in [-0.2, -0.15) is 0 Å². The Morgan fingerprint density at radius 2 is 1.89 bits per heavy atom. The van der Waals surface area contributed by atoms with E-state index < -0.39 is 6.29 Å². The smallest absolute Gasteiger partial charge is 0.155 e. The minimum absolute atomic E-state index is 0.113. The van der Waals surface area contributed by atoms with Crippen molar-refractivity contribution in [2.75, 3.05) is 0 Å². The summed E-state index contributed by atoms with van der Waals surface area (Å²) < 4.78 is 0.